The van der Waals surface area contributed by atoms with Crippen LogP contribution in [0, 0.1) is 5.82 Å². The van der Waals surface area contributed by atoms with Gasteiger partial charge in [0.15, 0.2) is 0 Å². The second kappa shape index (κ2) is 7.40. The average Bonchev–Trinajstić information content (AvgIpc) is 2.61. The molecule has 0 fully saturated rings. The number of hydrogen-bond acceptors (Lipinski definition) is 4. The number of hydrogen-bond donors (Lipinski definition) is 3. The lowest BCUT2D eigenvalue weighted by molar-refractivity contribution is -0.141. The molecular weight excluding hydrogens is 362 g/mol. The summed E-state index contributed by atoms with van der Waals surface area (Å²) in [6.45, 7) is 1.74. The summed E-state index contributed by atoms with van der Waals surface area (Å²) in [7, 11) is 0. The van der Waals surface area contributed by atoms with Crippen LogP contribution in [-0.4, -0.2) is 16.3 Å². The number of aliphatic hydroxyl groups is 1. The number of nitrogens with one attached hydrogen (secondary N) is 2. The minimum atomic E-state index is -4.59. The first-order valence-electron chi connectivity index (χ1n) is 8.17. The van der Waals surface area contributed by atoms with Crippen molar-refractivity contribution in [3.05, 3.63) is 77.4 Å². The van der Waals surface area contributed by atoms with Crippen molar-refractivity contribution in [3.8, 4) is 0 Å². The topological polar surface area (TPSA) is 57.2 Å². The van der Waals surface area contributed by atoms with Gasteiger partial charge in [-0.25, -0.2) is 9.37 Å². The monoisotopic (exact) mass is 379 g/mol. The zero-order valence-electron chi connectivity index (χ0n) is 14.3. The molecule has 2 aromatic rings. The van der Waals surface area contributed by atoms with Gasteiger partial charge in [0.2, 0.25) is 0 Å². The maximum absolute atomic E-state index is 13.1. The van der Waals surface area contributed by atoms with Gasteiger partial charge >= 0.3 is 6.18 Å². The SMILES string of the molecule is CC(Nc1nc(C(F)(F)F)ccc1C1=CC(O)NC=C1)c1ccc(F)cc1. The molecule has 1 aliphatic heterocycles. The molecule has 0 aliphatic carbocycles. The zero-order valence-corrected chi connectivity index (χ0v) is 14.3. The minimum absolute atomic E-state index is 0.0200. The summed E-state index contributed by atoms with van der Waals surface area (Å²) in [6.07, 6.45) is -0.936. The molecule has 0 spiro atoms. The summed E-state index contributed by atoms with van der Waals surface area (Å²) >= 11 is 0. The van der Waals surface area contributed by atoms with Crippen LogP contribution in [0.15, 0.2) is 54.8 Å². The van der Waals surface area contributed by atoms with Crippen molar-refractivity contribution >= 4 is 11.4 Å². The molecule has 3 N–H and O–H groups in total. The molecule has 4 nitrogen and oxygen atoms in total. The number of anilines is 1. The number of dihydropyridines is 1. The molecule has 3 rings (SSSR count). The van der Waals surface area contributed by atoms with E-state index in [9.17, 15) is 22.7 Å². The molecule has 0 amide bonds. The van der Waals surface area contributed by atoms with Gasteiger partial charge in [0, 0.05) is 11.6 Å². The van der Waals surface area contributed by atoms with Crippen LogP contribution >= 0.6 is 0 Å². The van der Waals surface area contributed by atoms with E-state index < -0.39 is 30.0 Å². The van der Waals surface area contributed by atoms with Crippen molar-refractivity contribution in [2.24, 2.45) is 0 Å². The fourth-order valence-corrected chi connectivity index (χ4v) is 2.69. The van der Waals surface area contributed by atoms with Crippen LogP contribution in [0.2, 0.25) is 0 Å². The highest BCUT2D eigenvalue weighted by Crippen LogP contribution is 2.33. The van der Waals surface area contributed by atoms with Crippen LogP contribution < -0.4 is 10.6 Å². The summed E-state index contributed by atoms with van der Waals surface area (Å²) in [5.41, 5.74) is 0.598. The van der Waals surface area contributed by atoms with Crippen molar-refractivity contribution < 1.29 is 22.7 Å². The Hall–Kier alpha value is -2.87. The third-order valence-electron chi connectivity index (χ3n) is 4.09. The molecule has 2 atom stereocenters. The van der Waals surface area contributed by atoms with E-state index in [2.05, 4.69) is 15.6 Å². The van der Waals surface area contributed by atoms with Crippen LogP contribution in [-0.2, 0) is 6.18 Å². The predicted octanol–water partition coefficient (Wildman–Crippen LogP) is 4.23. The van der Waals surface area contributed by atoms with E-state index in [1.807, 2.05) is 0 Å². The minimum Gasteiger partial charge on any atom is -0.370 e. The second-order valence-electron chi connectivity index (χ2n) is 6.07. The van der Waals surface area contributed by atoms with Gasteiger partial charge < -0.3 is 15.7 Å². The third-order valence-corrected chi connectivity index (χ3v) is 4.09. The van der Waals surface area contributed by atoms with E-state index in [-0.39, 0.29) is 5.82 Å². The van der Waals surface area contributed by atoms with Crippen LogP contribution in [0.4, 0.5) is 23.4 Å². The van der Waals surface area contributed by atoms with Crippen LogP contribution in [0.3, 0.4) is 0 Å². The van der Waals surface area contributed by atoms with Gasteiger partial charge in [0.05, 0.1) is 0 Å². The highest BCUT2D eigenvalue weighted by molar-refractivity contribution is 5.81. The van der Waals surface area contributed by atoms with Crippen molar-refractivity contribution in [1.29, 1.82) is 0 Å². The standard InChI is InChI=1S/C19H17F4N3O/c1-11(12-2-4-14(20)5-3-12)25-18-15(13-8-9-24-17(27)10-13)6-7-16(26-18)19(21,22)23/h2-11,17,24,27H,1H3,(H,25,26). The molecule has 0 saturated carbocycles. The fourth-order valence-electron chi connectivity index (χ4n) is 2.69. The Bertz CT molecular complexity index is 876. The van der Waals surface area contributed by atoms with Gasteiger partial charge in [-0.2, -0.15) is 13.2 Å². The highest BCUT2D eigenvalue weighted by atomic mass is 19.4. The molecule has 0 radical (unpaired) electrons. The number of nitrogens with zero attached hydrogens (tertiary/aromatic N) is 1. The molecule has 1 aromatic heterocycles. The summed E-state index contributed by atoms with van der Waals surface area (Å²) in [6, 6.07) is 7.44. The van der Waals surface area contributed by atoms with Crippen LogP contribution in [0.25, 0.3) is 5.57 Å². The second-order valence-corrected chi connectivity index (χ2v) is 6.07. The smallest absolute Gasteiger partial charge is 0.370 e. The molecule has 27 heavy (non-hydrogen) atoms. The van der Waals surface area contributed by atoms with Crippen molar-refractivity contribution in [1.82, 2.24) is 10.3 Å². The Morgan fingerprint density at radius 2 is 1.85 bits per heavy atom. The van der Waals surface area contributed by atoms with Gasteiger partial charge in [-0.05, 0) is 60.7 Å². The van der Waals surface area contributed by atoms with Gasteiger partial charge in [-0.1, -0.05) is 12.1 Å². The summed E-state index contributed by atoms with van der Waals surface area (Å²) in [5.74, 6) is -0.380. The number of pyridine rings is 1. The summed E-state index contributed by atoms with van der Waals surface area (Å²) in [4.78, 5) is 3.74. The molecule has 142 valence electrons. The van der Waals surface area contributed by atoms with Crippen LogP contribution in [0.1, 0.15) is 29.8 Å². The van der Waals surface area contributed by atoms with Crippen molar-refractivity contribution in [2.75, 3.05) is 5.32 Å². The fraction of sp³-hybridized carbons (Fsp3) is 0.211. The Balaban J connectivity index is 1.99. The number of halogens is 4. The number of allylic oxidation sites excluding steroid dienone is 2. The molecule has 8 heteroatoms. The molecular formula is C19H17F4N3O. The van der Waals surface area contributed by atoms with Gasteiger partial charge in [0.1, 0.15) is 23.6 Å². The summed E-state index contributed by atoms with van der Waals surface area (Å²) < 4.78 is 52.4. The maximum Gasteiger partial charge on any atom is 0.433 e. The molecule has 1 aliphatic rings. The number of aromatic nitrogens is 1. The molecule has 2 unspecified atom stereocenters. The van der Waals surface area contributed by atoms with Crippen molar-refractivity contribution in [3.63, 3.8) is 0 Å². The van der Waals surface area contributed by atoms with E-state index in [1.54, 1.807) is 25.1 Å². The van der Waals surface area contributed by atoms with E-state index in [4.69, 9.17) is 0 Å². The number of alkyl halides is 3. The van der Waals surface area contributed by atoms with Crippen molar-refractivity contribution in [2.45, 2.75) is 25.4 Å². The normalized spacial score (nSPS) is 17.9. The van der Waals surface area contributed by atoms with E-state index in [0.29, 0.717) is 16.7 Å². The largest absolute Gasteiger partial charge is 0.433 e. The Morgan fingerprint density at radius 3 is 2.48 bits per heavy atom. The van der Waals surface area contributed by atoms with Crippen LogP contribution in [0.5, 0.6) is 0 Å². The van der Waals surface area contributed by atoms with Gasteiger partial charge in [-0.3, -0.25) is 0 Å². The lowest BCUT2D eigenvalue weighted by Gasteiger charge is -2.21. The number of benzene rings is 1. The lowest BCUT2D eigenvalue weighted by atomic mass is 10.0. The van der Waals surface area contributed by atoms with E-state index in [0.717, 1.165) is 6.07 Å². The molecule has 0 bridgehead atoms. The first kappa shape index (κ1) is 18.9. The molecule has 0 saturated heterocycles. The highest BCUT2D eigenvalue weighted by Gasteiger charge is 2.33. The quantitative estimate of drug-likeness (QED) is 0.696. The van der Waals surface area contributed by atoms with Gasteiger partial charge in [-0.15, -0.1) is 0 Å². The Kier molecular flexibility index (Phi) is 5.18. The maximum atomic E-state index is 13.1. The van der Waals surface area contributed by atoms with E-state index >= 15 is 0 Å². The third kappa shape index (κ3) is 4.46. The lowest BCUT2D eigenvalue weighted by Crippen LogP contribution is -2.23. The zero-order chi connectivity index (χ0) is 19.6. The summed E-state index contributed by atoms with van der Waals surface area (Å²) in [5, 5.41) is 15.3. The first-order valence-corrected chi connectivity index (χ1v) is 8.17. The Morgan fingerprint density at radius 1 is 1.15 bits per heavy atom. The van der Waals surface area contributed by atoms with Gasteiger partial charge in [0.25, 0.3) is 0 Å². The number of aliphatic hydroxyl groups excluding tert-OH is 1. The van der Waals surface area contributed by atoms with E-state index in [1.165, 1.54) is 30.5 Å². The number of rotatable bonds is 4. The Labute approximate surface area is 153 Å². The predicted molar refractivity (Wildman–Crippen MR) is 93.9 cm³/mol. The molecule has 2 heterocycles. The molecule has 1 aromatic carbocycles. The average molecular weight is 379 g/mol. The first-order chi connectivity index (χ1) is 12.7.